The van der Waals surface area contributed by atoms with Crippen LogP contribution < -0.4 is 0 Å². The summed E-state index contributed by atoms with van der Waals surface area (Å²) < 4.78 is 13.5. The number of rotatable bonds is 18. The van der Waals surface area contributed by atoms with Crippen molar-refractivity contribution in [2.24, 2.45) is 23.7 Å². The first-order valence-electron chi connectivity index (χ1n) is 16.8. The van der Waals surface area contributed by atoms with Crippen LogP contribution in [0.25, 0.3) is 0 Å². The molecule has 0 radical (unpaired) electrons. The second-order valence-electron chi connectivity index (χ2n) is 16.8. The third kappa shape index (κ3) is 14.2. The van der Waals surface area contributed by atoms with Gasteiger partial charge in [0.25, 0.3) is 0 Å². The van der Waals surface area contributed by atoms with Gasteiger partial charge in [0.2, 0.25) is 0 Å². The molecule has 1 rings (SSSR count). The quantitative estimate of drug-likeness (QED) is 0.140. The third-order valence-corrected chi connectivity index (χ3v) is 22.6. The molecule has 4 atom stereocenters. The number of hydrogen-bond acceptors (Lipinski definition) is 4. The van der Waals surface area contributed by atoms with Crippen molar-refractivity contribution in [1.29, 1.82) is 0 Å². The Morgan fingerprint density at radius 3 is 1.25 bits per heavy atom. The number of thioether (sulfide) groups is 2. The molecule has 6 heteroatoms. The molecule has 1 heterocycles. The molecule has 0 aliphatic carbocycles. The van der Waals surface area contributed by atoms with Gasteiger partial charge in [0.05, 0.1) is 4.08 Å². The van der Waals surface area contributed by atoms with Crippen molar-refractivity contribution in [1.82, 2.24) is 0 Å². The van der Waals surface area contributed by atoms with Gasteiger partial charge in [-0.25, -0.2) is 0 Å². The summed E-state index contributed by atoms with van der Waals surface area (Å²) in [6, 6.07) is 0. The Morgan fingerprint density at radius 1 is 0.600 bits per heavy atom. The Morgan fingerprint density at radius 2 is 0.925 bits per heavy atom. The fourth-order valence-corrected chi connectivity index (χ4v) is 11.3. The van der Waals surface area contributed by atoms with Gasteiger partial charge in [-0.1, -0.05) is 94.9 Å². The van der Waals surface area contributed by atoms with Crippen molar-refractivity contribution < 1.29 is 8.85 Å². The van der Waals surface area contributed by atoms with E-state index in [4.69, 9.17) is 8.85 Å². The van der Waals surface area contributed by atoms with Gasteiger partial charge in [0, 0.05) is 13.2 Å². The predicted molar refractivity (Wildman–Crippen MR) is 192 cm³/mol. The monoisotopic (exact) mass is 632 g/mol. The van der Waals surface area contributed by atoms with E-state index in [0.717, 1.165) is 25.0 Å². The highest BCUT2D eigenvalue weighted by Gasteiger charge is 2.39. The molecule has 240 valence electrons. The Kier molecular flexibility index (Phi) is 16.5. The summed E-state index contributed by atoms with van der Waals surface area (Å²) >= 11 is 4.61. The summed E-state index contributed by atoms with van der Waals surface area (Å²) in [5.74, 6) is 5.68. The summed E-state index contributed by atoms with van der Waals surface area (Å²) in [6.45, 7) is 35.3. The summed E-state index contributed by atoms with van der Waals surface area (Å²) in [5.41, 5.74) is 0. The van der Waals surface area contributed by atoms with Crippen LogP contribution in [0.15, 0.2) is 0 Å². The highest BCUT2D eigenvalue weighted by molar-refractivity contribution is 8.18. The molecule has 0 unspecified atom stereocenters. The van der Waals surface area contributed by atoms with E-state index in [0.29, 0.717) is 26.0 Å². The molecular formula is C34H72O2S2Si2. The average Bonchev–Trinajstić information content (AvgIpc) is 2.80. The van der Waals surface area contributed by atoms with Gasteiger partial charge in [0.15, 0.2) is 16.6 Å². The SMILES string of the molecule is C[C@H](CCC[C@H](C)CC1(C[C@H](C)CCC[C@H](C)CO[Si](C)(C)C(C)(C)C)SCCCS1)CO[Si](C)(C)C(C)(C)C. The number of hydrogen-bond donors (Lipinski definition) is 0. The van der Waals surface area contributed by atoms with Crippen LogP contribution >= 0.6 is 23.5 Å². The fraction of sp³-hybridized carbons (Fsp3) is 1.00. The smallest absolute Gasteiger partial charge is 0.191 e. The lowest BCUT2D eigenvalue weighted by molar-refractivity contribution is 0.225. The second-order valence-corrected chi connectivity index (χ2v) is 29.6. The van der Waals surface area contributed by atoms with Crippen molar-refractivity contribution in [3.8, 4) is 0 Å². The first-order valence-corrected chi connectivity index (χ1v) is 24.5. The van der Waals surface area contributed by atoms with E-state index >= 15 is 0 Å². The summed E-state index contributed by atoms with van der Waals surface area (Å²) in [7, 11) is -3.26. The Bertz CT molecular complexity index is 641. The predicted octanol–water partition coefficient (Wildman–Crippen LogP) is 12.3. The van der Waals surface area contributed by atoms with Crippen molar-refractivity contribution in [2.45, 2.75) is 167 Å². The molecule has 0 saturated carbocycles. The first-order chi connectivity index (χ1) is 18.2. The normalized spacial score (nSPS) is 20.2. The van der Waals surface area contributed by atoms with E-state index < -0.39 is 16.6 Å². The van der Waals surface area contributed by atoms with Crippen LogP contribution in [-0.4, -0.2) is 45.4 Å². The molecular weight excluding hydrogens is 561 g/mol. The van der Waals surface area contributed by atoms with Crippen molar-refractivity contribution in [3.63, 3.8) is 0 Å². The zero-order valence-corrected chi connectivity index (χ0v) is 33.3. The van der Waals surface area contributed by atoms with Gasteiger partial charge in [-0.05, 0) is 104 Å². The van der Waals surface area contributed by atoms with Crippen LogP contribution in [0, 0.1) is 23.7 Å². The molecule has 2 nitrogen and oxygen atoms in total. The van der Waals surface area contributed by atoms with E-state index in [1.165, 1.54) is 69.3 Å². The molecule has 1 saturated heterocycles. The Labute approximate surface area is 263 Å². The molecule has 0 bridgehead atoms. The van der Waals surface area contributed by atoms with Gasteiger partial charge in [0.1, 0.15) is 0 Å². The summed E-state index contributed by atoms with van der Waals surface area (Å²) in [5, 5.41) is 0.610. The van der Waals surface area contributed by atoms with Gasteiger partial charge >= 0.3 is 0 Å². The van der Waals surface area contributed by atoms with Crippen LogP contribution in [0.2, 0.25) is 36.3 Å². The lowest BCUT2D eigenvalue weighted by Gasteiger charge is -2.40. The highest BCUT2D eigenvalue weighted by Crippen LogP contribution is 2.51. The largest absolute Gasteiger partial charge is 0.417 e. The highest BCUT2D eigenvalue weighted by atomic mass is 32.2. The summed E-state index contributed by atoms with van der Waals surface area (Å²) in [6.07, 6.45) is 12.2. The van der Waals surface area contributed by atoms with Gasteiger partial charge in [-0.3, -0.25) is 0 Å². The first kappa shape index (κ1) is 39.1. The van der Waals surface area contributed by atoms with Crippen molar-refractivity contribution in [2.75, 3.05) is 24.7 Å². The lowest BCUT2D eigenvalue weighted by Crippen LogP contribution is -2.41. The van der Waals surface area contributed by atoms with Crippen LogP contribution in [0.5, 0.6) is 0 Å². The summed E-state index contributed by atoms with van der Waals surface area (Å²) in [4.78, 5) is 0. The molecule has 0 aromatic heterocycles. The molecule has 1 aliphatic rings. The topological polar surface area (TPSA) is 18.5 Å². The average molecular weight is 633 g/mol. The zero-order chi connectivity index (χ0) is 30.8. The van der Waals surface area contributed by atoms with Crippen molar-refractivity contribution in [3.05, 3.63) is 0 Å². The maximum atomic E-state index is 6.51. The van der Waals surface area contributed by atoms with E-state index in [-0.39, 0.29) is 0 Å². The zero-order valence-electron chi connectivity index (χ0n) is 29.6. The van der Waals surface area contributed by atoms with E-state index in [9.17, 15) is 0 Å². The minimum Gasteiger partial charge on any atom is -0.417 e. The molecule has 0 aromatic carbocycles. The van der Waals surface area contributed by atoms with Gasteiger partial charge in [-0.15, -0.1) is 23.5 Å². The minimum absolute atomic E-state index is 0.305. The molecule has 0 spiro atoms. The maximum Gasteiger partial charge on any atom is 0.191 e. The van der Waals surface area contributed by atoms with Crippen LogP contribution in [-0.2, 0) is 8.85 Å². The molecule has 0 N–H and O–H groups in total. The molecule has 1 fully saturated rings. The van der Waals surface area contributed by atoms with Gasteiger partial charge < -0.3 is 8.85 Å². The van der Waals surface area contributed by atoms with Crippen molar-refractivity contribution >= 4 is 40.2 Å². The van der Waals surface area contributed by atoms with Crippen LogP contribution in [0.1, 0.15) is 127 Å². The van der Waals surface area contributed by atoms with E-state index in [1.807, 2.05) is 0 Å². The fourth-order valence-electron chi connectivity index (χ4n) is 5.13. The van der Waals surface area contributed by atoms with Gasteiger partial charge in [-0.2, -0.15) is 0 Å². The third-order valence-electron chi connectivity index (χ3n) is 10.2. The minimum atomic E-state index is -1.63. The Hall–Kier alpha value is 1.05. The molecule has 0 aromatic rings. The van der Waals surface area contributed by atoms with E-state index in [1.54, 1.807) is 0 Å². The molecule has 40 heavy (non-hydrogen) atoms. The van der Waals surface area contributed by atoms with Crippen LogP contribution in [0.3, 0.4) is 0 Å². The van der Waals surface area contributed by atoms with E-state index in [2.05, 4.69) is 119 Å². The second kappa shape index (κ2) is 16.9. The Balaban J connectivity index is 2.46. The maximum absolute atomic E-state index is 6.51. The molecule has 1 aliphatic heterocycles. The lowest BCUT2D eigenvalue weighted by atomic mass is 9.90. The van der Waals surface area contributed by atoms with Crippen LogP contribution in [0.4, 0.5) is 0 Å². The standard InChI is InChI=1S/C34H72O2S2Si2/c1-28(18-15-20-30(3)26-35-39(11,12)32(5,6)7)24-34(37-22-17-23-38-34)25-29(2)19-16-21-31(4)27-36-40(13,14)33(8,9)10/h28-31H,15-27H2,1-14H3/t28-,29+,30+,31-. The molecule has 0 amide bonds.